The Morgan fingerprint density at radius 2 is 2.33 bits per heavy atom. The molecular formula is C14H16ClIN2. The summed E-state index contributed by atoms with van der Waals surface area (Å²) in [6.07, 6.45) is 3.87. The molecule has 2 nitrogen and oxygen atoms in total. The van der Waals surface area contributed by atoms with Crippen LogP contribution in [0.5, 0.6) is 0 Å². The van der Waals surface area contributed by atoms with E-state index in [4.69, 9.17) is 11.6 Å². The van der Waals surface area contributed by atoms with E-state index in [1.165, 1.54) is 28.3 Å². The molecule has 2 unspecified atom stereocenters. The summed E-state index contributed by atoms with van der Waals surface area (Å²) >= 11 is 8.38. The average molecular weight is 375 g/mol. The number of aromatic nitrogens is 2. The van der Waals surface area contributed by atoms with Gasteiger partial charge in [-0.2, -0.15) is 0 Å². The van der Waals surface area contributed by atoms with Crippen LogP contribution in [-0.2, 0) is 5.88 Å². The number of benzene rings is 1. The van der Waals surface area contributed by atoms with Gasteiger partial charge in [-0.05, 0) is 59.5 Å². The van der Waals surface area contributed by atoms with Crippen LogP contribution in [0.2, 0.25) is 0 Å². The van der Waals surface area contributed by atoms with Gasteiger partial charge in [0, 0.05) is 9.61 Å². The van der Waals surface area contributed by atoms with Gasteiger partial charge in [0.15, 0.2) is 0 Å². The predicted octanol–water partition coefficient (Wildman–Crippen LogP) is 4.74. The van der Waals surface area contributed by atoms with Crippen molar-refractivity contribution in [3.8, 4) is 0 Å². The van der Waals surface area contributed by atoms with Gasteiger partial charge in [0.1, 0.15) is 5.82 Å². The van der Waals surface area contributed by atoms with Gasteiger partial charge in [0.05, 0.1) is 16.9 Å². The summed E-state index contributed by atoms with van der Waals surface area (Å²) in [5.41, 5.74) is 2.33. The lowest BCUT2D eigenvalue weighted by atomic mass is 10.2. The van der Waals surface area contributed by atoms with Crippen LogP contribution in [0.1, 0.15) is 38.1 Å². The van der Waals surface area contributed by atoms with E-state index in [1.807, 2.05) is 0 Å². The molecule has 3 rings (SSSR count). The number of nitrogens with zero attached hydrogens (tertiary/aromatic N) is 2. The summed E-state index contributed by atoms with van der Waals surface area (Å²) in [7, 11) is 0. The lowest BCUT2D eigenvalue weighted by molar-refractivity contribution is 0.606. The number of halogens is 2. The van der Waals surface area contributed by atoms with Crippen molar-refractivity contribution in [1.29, 1.82) is 0 Å². The minimum Gasteiger partial charge on any atom is -0.324 e. The van der Waals surface area contributed by atoms with Crippen LogP contribution in [-0.4, -0.2) is 9.55 Å². The normalized spacial score (nSPS) is 22.6. The number of imidazole rings is 1. The van der Waals surface area contributed by atoms with Crippen LogP contribution in [0.4, 0.5) is 0 Å². The summed E-state index contributed by atoms with van der Waals surface area (Å²) in [5.74, 6) is 2.35. The Labute approximate surface area is 126 Å². The minimum absolute atomic E-state index is 0.501. The van der Waals surface area contributed by atoms with E-state index in [1.54, 1.807) is 0 Å². The average Bonchev–Trinajstić information content (AvgIpc) is 3.01. The van der Waals surface area contributed by atoms with Crippen molar-refractivity contribution in [3.63, 3.8) is 0 Å². The fraction of sp³-hybridized carbons (Fsp3) is 0.500. The molecule has 1 fully saturated rings. The smallest absolute Gasteiger partial charge is 0.125 e. The van der Waals surface area contributed by atoms with Gasteiger partial charge in [-0.1, -0.05) is 13.3 Å². The SMILES string of the molecule is CCCC1CC1n1c(CCl)nc2cc(I)ccc21. The highest BCUT2D eigenvalue weighted by Gasteiger charge is 2.39. The summed E-state index contributed by atoms with van der Waals surface area (Å²) in [4.78, 5) is 4.67. The Morgan fingerprint density at radius 1 is 1.50 bits per heavy atom. The second-order valence-electron chi connectivity index (χ2n) is 5.02. The Bertz CT molecular complexity index is 578. The fourth-order valence-corrected chi connectivity index (χ4v) is 3.48. The van der Waals surface area contributed by atoms with Crippen molar-refractivity contribution >= 4 is 45.2 Å². The zero-order valence-corrected chi connectivity index (χ0v) is 13.3. The van der Waals surface area contributed by atoms with Gasteiger partial charge < -0.3 is 4.57 Å². The van der Waals surface area contributed by atoms with Crippen LogP contribution >= 0.6 is 34.2 Å². The highest BCUT2D eigenvalue weighted by molar-refractivity contribution is 14.1. The molecule has 1 aromatic heterocycles. The molecule has 1 heterocycles. The van der Waals surface area contributed by atoms with Crippen molar-refractivity contribution in [2.75, 3.05) is 0 Å². The molecule has 0 saturated heterocycles. The number of hydrogen-bond donors (Lipinski definition) is 0. The fourth-order valence-electron chi connectivity index (χ4n) is 2.81. The second-order valence-corrected chi connectivity index (χ2v) is 6.53. The van der Waals surface area contributed by atoms with Crippen molar-refractivity contribution in [3.05, 3.63) is 27.6 Å². The van der Waals surface area contributed by atoms with Gasteiger partial charge in [-0.15, -0.1) is 11.6 Å². The molecule has 0 radical (unpaired) electrons. The van der Waals surface area contributed by atoms with Crippen molar-refractivity contribution in [2.24, 2.45) is 5.92 Å². The first-order chi connectivity index (χ1) is 8.74. The molecule has 1 saturated carbocycles. The Balaban J connectivity index is 2.04. The Hall–Kier alpha value is -0.290. The first-order valence-corrected chi connectivity index (χ1v) is 8.08. The molecule has 0 spiro atoms. The molecule has 1 aliphatic carbocycles. The van der Waals surface area contributed by atoms with Crippen molar-refractivity contribution in [2.45, 2.75) is 38.1 Å². The highest BCUT2D eigenvalue weighted by atomic mass is 127. The molecular weight excluding hydrogens is 359 g/mol. The van der Waals surface area contributed by atoms with E-state index in [0.717, 1.165) is 17.3 Å². The molecule has 2 atom stereocenters. The summed E-state index contributed by atoms with van der Waals surface area (Å²) < 4.78 is 3.60. The van der Waals surface area contributed by atoms with E-state index >= 15 is 0 Å². The monoisotopic (exact) mass is 374 g/mol. The first-order valence-electron chi connectivity index (χ1n) is 6.47. The van der Waals surface area contributed by atoms with E-state index in [-0.39, 0.29) is 0 Å². The number of alkyl halides is 1. The number of hydrogen-bond acceptors (Lipinski definition) is 1. The summed E-state index contributed by atoms with van der Waals surface area (Å²) in [6, 6.07) is 7.10. The van der Waals surface area contributed by atoms with Gasteiger partial charge in [0.25, 0.3) is 0 Å². The topological polar surface area (TPSA) is 17.8 Å². The predicted molar refractivity (Wildman–Crippen MR) is 84.1 cm³/mol. The molecule has 4 heteroatoms. The lowest BCUT2D eigenvalue weighted by Gasteiger charge is -2.07. The molecule has 96 valence electrons. The maximum absolute atomic E-state index is 6.05. The van der Waals surface area contributed by atoms with Gasteiger partial charge >= 0.3 is 0 Å². The molecule has 18 heavy (non-hydrogen) atoms. The van der Waals surface area contributed by atoms with Crippen LogP contribution < -0.4 is 0 Å². The van der Waals surface area contributed by atoms with E-state index in [0.29, 0.717) is 11.9 Å². The maximum Gasteiger partial charge on any atom is 0.125 e. The largest absolute Gasteiger partial charge is 0.324 e. The summed E-state index contributed by atoms with van der Waals surface area (Å²) in [6.45, 7) is 2.26. The van der Waals surface area contributed by atoms with Gasteiger partial charge in [0.2, 0.25) is 0 Å². The van der Waals surface area contributed by atoms with Crippen molar-refractivity contribution < 1.29 is 0 Å². The molecule has 0 bridgehead atoms. The zero-order valence-electron chi connectivity index (χ0n) is 10.4. The minimum atomic E-state index is 0.501. The molecule has 1 aliphatic rings. The second kappa shape index (κ2) is 5.00. The van der Waals surface area contributed by atoms with Crippen LogP contribution in [0.15, 0.2) is 18.2 Å². The van der Waals surface area contributed by atoms with Crippen molar-refractivity contribution in [1.82, 2.24) is 9.55 Å². The Morgan fingerprint density at radius 3 is 3.06 bits per heavy atom. The third-order valence-corrected chi connectivity index (χ3v) is 4.63. The van der Waals surface area contributed by atoms with Gasteiger partial charge in [-0.3, -0.25) is 0 Å². The zero-order chi connectivity index (χ0) is 12.7. The third-order valence-electron chi connectivity index (χ3n) is 3.72. The van der Waals surface area contributed by atoms with Gasteiger partial charge in [-0.25, -0.2) is 4.98 Å². The summed E-state index contributed by atoms with van der Waals surface area (Å²) in [5, 5.41) is 0. The van der Waals surface area contributed by atoms with Crippen LogP contribution in [0, 0.1) is 9.49 Å². The van der Waals surface area contributed by atoms with E-state index in [2.05, 4.69) is 57.3 Å². The maximum atomic E-state index is 6.05. The first kappa shape index (κ1) is 12.7. The van der Waals surface area contributed by atoms with Crippen LogP contribution in [0.25, 0.3) is 11.0 Å². The lowest BCUT2D eigenvalue weighted by Crippen LogP contribution is -2.01. The van der Waals surface area contributed by atoms with E-state index < -0.39 is 0 Å². The van der Waals surface area contributed by atoms with E-state index in [9.17, 15) is 0 Å². The third kappa shape index (κ3) is 2.16. The molecule has 0 N–H and O–H groups in total. The highest BCUT2D eigenvalue weighted by Crippen LogP contribution is 2.48. The molecule has 0 amide bonds. The number of fused-ring (bicyclic) bond motifs is 1. The molecule has 1 aromatic carbocycles. The Kier molecular flexibility index (Phi) is 3.54. The quantitative estimate of drug-likeness (QED) is 0.558. The number of rotatable bonds is 4. The molecule has 0 aliphatic heterocycles. The molecule has 2 aromatic rings. The standard InChI is InChI=1S/C14H16ClIN2/c1-2-3-9-6-13(9)18-12-5-4-10(16)7-11(12)17-14(18)8-15/h4-5,7,9,13H,2-3,6,8H2,1H3. The van der Waals surface area contributed by atoms with Crippen LogP contribution in [0.3, 0.4) is 0 Å².